The van der Waals surface area contributed by atoms with Gasteiger partial charge in [-0.2, -0.15) is 0 Å². The van der Waals surface area contributed by atoms with Crippen LogP contribution in [0.4, 0.5) is 10.5 Å². The van der Waals surface area contributed by atoms with E-state index in [0.29, 0.717) is 11.3 Å². The molecule has 1 aromatic carbocycles. The van der Waals surface area contributed by atoms with Crippen LogP contribution in [0.15, 0.2) is 24.3 Å². The Hall–Kier alpha value is -2.37. The van der Waals surface area contributed by atoms with Crippen molar-refractivity contribution >= 4 is 23.4 Å². The number of carbonyl (C=O) groups is 3. The molecule has 1 aliphatic carbocycles. The monoisotopic (exact) mass is 355 g/mol. The summed E-state index contributed by atoms with van der Waals surface area (Å²) in [5.41, 5.74) is 1.23. The summed E-state index contributed by atoms with van der Waals surface area (Å²) in [5.74, 6) is 0.393. The second kappa shape index (κ2) is 6.74. The predicted molar refractivity (Wildman–Crippen MR) is 98.0 cm³/mol. The largest absolute Gasteiger partial charge is 0.353 e. The molecule has 26 heavy (non-hydrogen) atoms. The number of amides is 3. The fourth-order valence-electron chi connectivity index (χ4n) is 4.30. The highest BCUT2D eigenvalue weighted by Gasteiger charge is 2.44. The zero-order valence-corrected chi connectivity index (χ0v) is 15.0. The van der Waals surface area contributed by atoms with E-state index < -0.39 is 0 Å². The third-order valence-electron chi connectivity index (χ3n) is 5.78. The third-order valence-corrected chi connectivity index (χ3v) is 5.78. The number of rotatable bonds is 4. The van der Waals surface area contributed by atoms with Gasteiger partial charge in [0.25, 0.3) is 0 Å². The van der Waals surface area contributed by atoms with E-state index in [4.69, 9.17) is 0 Å². The lowest BCUT2D eigenvalue weighted by Crippen LogP contribution is -2.53. The Kier molecular flexibility index (Phi) is 4.42. The summed E-state index contributed by atoms with van der Waals surface area (Å²) in [6.45, 7) is 1.52. The van der Waals surface area contributed by atoms with Crippen LogP contribution in [-0.2, 0) is 4.79 Å². The number of nitrogens with one attached hydrogen (secondary N) is 2. The molecule has 2 saturated heterocycles. The lowest BCUT2D eigenvalue weighted by Gasteiger charge is -2.39. The van der Waals surface area contributed by atoms with E-state index in [1.54, 1.807) is 24.3 Å². The molecule has 0 aromatic heterocycles. The van der Waals surface area contributed by atoms with Crippen molar-refractivity contribution in [1.29, 1.82) is 0 Å². The minimum absolute atomic E-state index is 0.0200. The minimum Gasteiger partial charge on any atom is -0.353 e. The van der Waals surface area contributed by atoms with Crippen molar-refractivity contribution in [2.75, 3.05) is 5.32 Å². The molecule has 4 rings (SSSR count). The first-order valence-electron chi connectivity index (χ1n) is 9.52. The maximum absolute atomic E-state index is 12.8. The molecule has 138 valence electrons. The number of carbonyl (C=O) groups excluding carboxylic acids is 3. The topological polar surface area (TPSA) is 78.5 Å². The van der Waals surface area contributed by atoms with Crippen molar-refractivity contribution < 1.29 is 14.4 Å². The van der Waals surface area contributed by atoms with Gasteiger partial charge in [0.2, 0.25) is 5.91 Å². The number of hydrogen-bond donors (Lipinski definition) is 2. The number of hydrogen-bond acceptors (Lipinski definition) is 3. The lowest BCUT2D eigenvalue weighted by atomic mass is 9.97. The Morgan fingerprint density at radius 1 is 1.04 bits per heavy atom. The van der Waals surface area contributed by atoms with Gasteiger partial charge in [-0.05, 0) is 57.6 Å². The Bertz CT molecular complexity index is 730. The van der Waals surface area contributed by atoms with Gasteiger partial charge < -0.3 is 15.5 Å². The first kappa shape index (κ1) is 17.1. The molecule has 1 saturated carbocycles. The standard InChI is InChI=1S/C20H25N3O3/c1-12(24)14-3-2-4-15(9-14)22-20(26)23-17-7-8-18(23)11-16(10-17)21-19(25)13-5-6-13/h2-4,9,13,16-18H,5-8,10-11H2,1H3,(H,21,25)(H,22,26)/t17-,18-/m0/s1. The van der Waals surface area contributed by atoms with Gasteiger partial charge in [-0.25, -0.2) is 4.79 Å². The SMILES string of the molecule is CC(=O)c1cccc(NC(=O)N2[C@H]3CC[C@H]2CC(NC(=O)C2CC2)C3)c1. The molecule has 2 bridgehead atoms. The average molecular weight is 355 g/mol. The summed E-state index contributed by atoms with van der Waals surface area (Å²) >= 11 is 0. The Balaban J connectivity index is 1.39. The van der Waals surface area contributed by atoms with Crippen molar-refractivity contribution in [3.8, 4) is 0 Å². The number of ketones is 1. The summed E-state index contributed by atoms with van der Waals surface area (Å²) in [5, 5.41) is 6.11. The highest BCUT2D eigenvalue weighted by molar-refractivity contribution is 5.97. The van der Waals surface area contributed by atoms with Crippen molar-refractivity contribution in [2.24, 2.45) is 5.92 Å². The molecule has 0 radical (unpaired) electrons. The first-order chi connectivity index (χ1) is 12.5. The van der Waals surface area contributed by atoms with Crippen molar-refractivity contribution in [1.82, 2.24) is 10.2 Å². The molecule has 1 aromatic rings. The van der Waals surface area contributed by atoms with Gasteiger partial charge in [0, 0.05) is 35.3 Å². The van der Waals surface area contributed by atoms with E-state index in [9.17, 15) is 14.4 Å². The van der Waals surface area contributed by atoms with Crippen molar-refractivity contribution in [2.45, 2.75) is 63.6 Å². The summed E-state index contributed by atoms with van der Waals surface area (Å²) in [4.78, 5) is 38.3. The van der Waals surface area contributed by atoms with Crippen LogP contribution in [0.3, 0.4) is 0 Å². The molecule has 0 unspecified atom stereocenters. The Morgan fingerprint density at radius 2 is 1.73 bits per heavy atom. The van der Waals surface area contributed by atoms with Crippen LogP contribution in [0, 0.1) is 5.92 Å². The molecule has 2 heterocycles. The first-order valence-corrected chi connectivity index (χ1v) is 9.52. The van der Waals surface area contributed by atoms with Gasteiger partial charge in [-0.1, -0.05) is 12.1 Å². The third kappa shape index (κ3) is 3.45. The van der Waals surface area contributed by atoms with E-state index >= 15 is 0 Å². The number of fused-ring (bicyclic) bond motifs is 2. The molecule has 2 atom stereocenters. The molecule has 3 fully saturated rings. The predicted octanol–water partition coefficient (Wildman–Crippen LogP) is 2.94. The Labute approximate surface area is 153 Å². The molecule has 6 nitrogen and oxygen atoms in total. The summed E-state index contributed by atoms with van der Waals surface area (Å²) < 4.78 is 0. The summed E-state index contributed by atoms with van der Waals surface area (Å²) in [6, 6.07) is 7.47. The van der Waals surface area contributed by atoms with E-state index in [-0.39, 0.29) is 41.8 Å². The molecular formula is C20H25N3O3. The van der Waals surface area contributed by atoms with E-state index in [1.165, 1.54) is 6.92 Å². The maximum atomic E-state index is 12.8. The number of Topliss-reactive ketones (excluding diaryl/α,β-unsaturated/α-hetero) is 1. The van der Waals surface area contributed by atoms with Crippen LogP contribution in [-0.4, -0.2) is 40.7 Å². The van der Waals surface area contributed by atoms with Gasteiger partial charge in [-0.15, -0.1) is 0 Å². The fourth-order valence-corrected chi connectivity index (χ4v) is 4.30. The smallest absolute Gasteiger partial charge is 0.322 e. The van der Waals surface area contributed by atoms with Crippen LogP contribution in [0.2, 0.25) is 0 Å². The number of anilines is 1. The average Bonchev–Trinajstić information content (AvgIpc) is 3.41. The Morgan fingerprint density at radius 3 is 2.35 bits per heavy atom. The van der Waals surface area contributed by atoms with Gasteiger partial charge in [0.1, 0.15) is 0 Å². The molecule has 0 spiro atoms. The quantitative estimate of drug-likeness (QED) is 0.815. The van der Waals surface area contributed by atoms with Crippen molar-refractivity contribution in [3.05, 3.63) is 29.8 Å². The van der Waals surface area contributed by atoms with Gasteiger partial charge in [0.05, 0.1) is 0 Å². The summed E-state index contributed by atoms with van der Waals surface area (Å²) in [7, 11) is 0. The molecule has 3 amide bonds. The van der Waals surface area contributed by atoms with Crippen molar-refractivity contribution in [3.63, 3.8) is 0 Å². The van der Waals surface area contributed by atoms with Crippen LogP contribution >= 0.6 is 0 Å². The van der Waals surface area contributed by atoms with Crippen LogP contribution in [0.5, 0.6) is 0 Å². The minimum atomic E-state index is -0.106. The normalized spacial score (nSPS) is 27.1. The zero-order valence-electron chi connectivity index (χ0n) is 15.0. The van der Waals surface area contributed by atoms with E-state index in [2.05, 4.69) is 10.6 Å². The van der Waals surface area contributed by atoms with Gasteiger partial charge in [0.15, 0.2) is 5.78 Å². The second-order valence-corrected chi connectivity index (χ2v) is 7.81. The molecule has 2 N–H and O–H groups in total. The van der Waals surface area contributed by atoms with E-state index in [1.807, 2.05) is 4.90 Å². The molecular weight excluding hydrogens is 330 g/mol. The number of benzene rings is 1. The van der Waals surface area contributed by atoms with Gasteiger partial charge >= 0.3 is 6.03 Å². The van der Waals surface area contributed by atoms with Crippen LogP contribution < -0.4 is 10.6 Å². The van der Waals surface area contributed by atoms with Gasteiger partial charge in [-0.3, -0.25) is 9.59 Å². The maximum Gasteiger partial charge on any atom is 0.322 e. The number of urea groups is 1. The number of nitrogens with zero attached hydrogens (tertiary/aromatic N) is 1. The zero-order chi connectivity index (χ0) is 18.3. The van der Waals surface area contributed by atoms with Crippen LogP contribution in [0.1, 0.15) is 55.8 Å². The highest BCUT2D eigenvalue weighted by atomic mass is 16.2. The highest BCUT2D eigenvalue weighted by Crippen LogP contribution is 2.37. The molecule has 2 aliphatic heterocycles. The van der Waals surface area contributed by atoms with Crippen LogP contribution in [0.25, 0.3) is 0 Å². The fraction of sp³-hybridized carbons (Fsp3) is 0.550. The summed E-state index contributed by atoms with van der Waals surface area (Å²) in [6.07, 6.45) is 5.66. The number of piperidine rings is 1. The second-order valence-electron chi connectivity index (χ2n) is 7.81. The van der Waals surface area contributed by atoms with E-state index in [0.717, 1.165) is 38.5 Å². The lowest BCUT2D eigenvalue weighted by molar-refractivity contribution is -0.123. The molecule has 3 aliphatic rings. The molecule has 6 heteroatoms.